The summed E-state index contributed by atoms with van der Waals surface area (Å²) in [5.41, 5.74) is 2.36. The first kappa shape index (κ1) is 27.9. The molecule has 0 amide bonds. The van der Waals surface area contributed by atoms with Gasteiger partial charge in [0.05, 0.1) is 14.2 Å². The minimum Gasteiger partial charge on any atom is -0.493 e. The first-order chi connectivity index (χ1) is 19.3. The molecule has 0 radical (unpaired) electrons. The summed E-state index contributed by atoms with van der Waals surface area (Å²) in [5, 5.41) is 2.59. The van der Waals surface area contributed by atoms with Gasteiger partial charge in [-0.2, -0.15) is 0 Å². The molecule has 0 aromatic heterocycles. The number of rotatable bonds is 10. The third-order valence-electron chi connectivity index (χ3n) is 8.36. The van der Waals surface area contributed by atoms with Crippen molar-refractivity contribution in [3.8, 4) is 11.5 Å². The van der Waals surface area contributed by atoms with E-state index in [2.05, 4.69) is 130 Å². The van der Waals surface area contributed by atoms with E-state index in [1.54, 1.807) is 14.2 Å². The molecule has 1 aliphatic rings. The molecule has 0 spiro atoms. The van der Waals surface area contributed by atoms with Crippen LogP contribution in [0.4, 0.5) is 0 Å². The lowest BCUT2D eigenvalue weighted by molar-refractivity contribution is 0.274. The highest BCUT2D eigenvalue weighted by atomic mass is 28.4. The lowest BCUT2D eigenvalue weighted by Gasteiger charge is -2.43. The predicted molar refractivity (Wildman–Crippen MR) is 168 cm³/mol. The number of hydrogen-bond donors (Lipinski definition) is 0. The van der Waals surface area contributed by atoms with Gasteiger partial charge in [0.15, 0.2) is 11.5 Å². The van der Waals surface area contributed by atoms with Crippen molar-refractivity contribution in [2.75, 3.05) is 20.8 Å². The fraction of sp³-hybridized carbons (Fsp3) is 0.278. The van der Waals surface area contributed by atoms with Crippen molar-refractivity contribution in [2.24, 2.45) is 5.92 Å². The van der Waals surface area contributed by atoms with E-state index < -0.39 is 8.32 Å². The van der Waals surface area contributed by atoms with E-state index in [9.17, 15) is 0 Å². The van der Waals surface area contributed by atoms with Gasteiger partial charge in [0.25, 0.3) is 8.32 Å². The summed E-state index contributed by atoms with van der Waals surface area (Å²) in [6.07, 6.45) is 5.65. The van der Waals surface area contributed by atoms with E-state index in [4.69, 9.17) is 13.9 Å². The normalized spacial score (nSPS) is 19.0. The molecular weight excluding hydrogens is 508 g/mol. The van der Waals surface area contributed by atoms with Gasteiger partial charge in [0, 0.05) is 12.0 Å². The molecule has 0 aliphatic heterocycles. The van der Waals surface area contributed by atoms with Gasteiger partial charge in [-0.25, -0.2) is 0 Å². The summed E-state index contributed by atoms with van der Waals surface area (Å²) in [6.45, 7) is 7.73. The van der Waals surface area contributed by atoms with Crippen molar-refractivity contribution < 1.29 is 13.9 Å². The summed E-state index contributed by atoms with van der Waals surface area (Å²) < 4.78 is 18.3. The Kier molecular flexibility index (Phi) is 8.02. The Morgan fingerprint density at radius 2 is 1.30 bits per heavy atom. The molecule has 2 atom stereocenters. The average Bonchev–Trinajstić information content (AvgIpc) is 3.71. The lowest BCUT2D eigenvalue weighted by Crippen LogP contribution is -2.66. The van der Waals surface area contributed by atoms with Crippen LogP contribution in [0.15, 0.2) is 115 Å². The maximum Gasteiger partial charge on any atom is 0.261 e. The van der Waals surface area contributed by atoms with Crippen molar-refractivity contribution in [1.82, 2.24) is 0 Å². The Morgan fingerprint density at radius 1 is 0.750 bits per heavy atom. The zero-order valence-corrected chi connectivity index (χ0v) is 25.3. The molecule has 3 nitrogen and oxygen atoms in total. The van der Waals surface area contributed by atoms with Crippen molar-refractivity contribution in [2.45, 2.75) is 37.6 Å². The SMILES string of the molecule is COc1ccc(/C=C/C2(c3ccccc3)CC2CO[Si](c2ccccc2)(c2ccccc2)C(C)(C)C)cc1OC. The fourth-order valence-electron chi connectivity index (χ4n) is 6.15. The highest BCUT2D eigenvalue weighted by Gasteiger charge is 2.56. The molecule has 40 heavy (non-hydrogen) atoms. The van der Waals surface area contributed by atoms with Crippen LogP contribution >= 0.6 is 0 Å². The second-order valence-corrected chi connectivity index (χ2v) is 16.0. The van der Waals surface area contributed by atoms with Gasteiger partial charge in [-0.3, -0.25) is 0 Å². The van der Waals surface area contributed by atoms with Crippen LogP contribution in [0.3, 0.4) is 0 Å². The quantitative estimate of drug-likeness (QED) is 0.195. The van der Waals surface area contributed by atoms with Gasteiger partial charge >= 0.3 is 0 Å². The van der Waals surface area contributed by atoms with E-state index in [1.165, 1.54) is 15.9 Å². The van der Waals surface area contributed by atoms with Crippen molar-refractivity contribution in [1.29, 1.82) is 0 Å². The Balaban J connectivity index is 1.49. The van der Waals surface area contributed by atoms with E-state index in [0.717, 1.165) is 23.5 Å². The molecule has 4 aromatic rings. The Hall–Kier alpha value is -3.60. The van der Waals surface area contributed by atoms with Gasteiger partial charge in [-0.15, -0.1) is 0 Å². The molecule has 0 bridgehead atoms. The molecule has 4 heteroatoms. The van der Waals surface area contributed by atoms with Gasteiger partial charge in [-0.1, -0.05) is 130 Å². The molecule has 1 saturated carbocycles. The van der Waals surface area contributed by atoms with Crippen LogP contribution in [-0.2, 0) is 9.84 Å². The third kappa shape index (κ3) is 5.26. The van der Waals surface area contributed by atoms with Crippen LogP contribution in [0.5, 0.6) is 11.5 Å². The monoisotopic (exact) mass is 548 g/mol. The Morgan fingerprint density at radius 3 is 1.82 bits per heavy atom. The van der Waals surface area contributed by atoms with Gasteiger partial charge in [0.1, 0.15) is 0 Å². The Labute approximate surface area is 240 Å². The number of hydrogen-bond acceptors (Lipinski definition) is 3. The maximum absolute atomic E-state index is 7.35. The number of allylic oxidation sites excluding steroid dienone is 1. The van der Waals surface area contributed by atoms with Crippen LogP contribution in [0.25, 0.3) is 6.08 Å². The molecule has 0 N–H and O–H groups in total. The second-order valence-electron chi connectivity index (χ2n) is 11.7. The highest BCUT2D eigenvalue weighted by Crippen LogP contribution is 2.56. The molecule has 2 unspecified atom stereocenters. The molecule has 1 aliphatic carbocycles. The van der Waals surface area contributed by atoms with Crippen LogP contribution in [0, 0.1) is 5.92 Å². The van der Waals surface area contributed by atoms with Crippen LogP contribution < -0.4 is 19.8 Å². The van der Waals surface area contributed by atoms with Gasteiger partial charge in [0.2, 0.25) is 0 Å². The smallest absolute Gasteiger partial charge is 0.261 e. The third-order valence-corrected chi connectivity index (χ3v) is 13.4. The minimum absolute atomic E-state index is 0.0461. The molecular formula is C36H40O3Si. The van der Waals surface area contributed by atoms with Crippen LogP contribution in [-0.4, -0.2) is 29.1 Å². The van der Waals surface area contributed by atoms with E-state index >= 15 is 0 Å². The van der Waals surface area contributed by atoms with Gasteiger partial charge < -0.3 is 13.9 Å². The van der Waals surface area contributed by atoms with E-state index in [0.29, 0.717) is 12.5 Å². The summed E-state index contributed by atoms with van der Waals surface area (Å²) in [7, 11) is 0.742. The van der Waals surface area contributed by atoms with E-state index in [-0.39, 0.29) is 10.5 Å². The summed E-state index contributed by atoms with van der Waals surface area (Å²) in [6, 6.07) is 38.8. The van der Waals surface area contributed by atoms with Crippen molar-refractivity contribution >= 4 is 24.8 Å². The van der Waals surface area contributed by atoms with Crippen LogP contribution in [0.1, 0.15) is 38.3 Å². The first-order valence-corrected chi connectivity index (χ1v) is 16.0. The number of ether oxygens (including phenoxy) is 2. The summed E-state index contributed by atoms with van der Waals surface area (Å²) in [4.78, 5) is 0. The molecule has 1 fully saturated rings. The fourth-order valence-corrected chi connectivity index (χ4v) is 10.8. The van der Waals surface area contributed by atoms with E-state index in [1.807, 2.05) is 12.1 Å². The number of methoxy groups -OCH3 is 2. The van der Waals surface area contributed by atoms with Crippen molar-refractivity contribution in [3.05, 3.63) is 126 Å². The topological polar surface area (TPSA) is 27.7 Å². The highest BCUT2D eigenvalue weighted by molar-refractivity contribution is 6.99. The lowest BCUT2D eigenvalue weighted by atomic mass is 9.92. The average molecular weight is 549 g/mol. The Bertz CT molecular complexity index is 1390. The molecule has 206 valence electrons. The largest absolute Gasteiger partial charge is 0.493 e. The standard InChI is InChI=1S/C36H40O3Si/c1-35(2,3)40(31-17-11-7-12-18-31,32-19-13-8-14-20-32)39-27-30-26-36(30,29-15-9-6-10-16-29)24-23-28-21-22-33(37-4)34(25-28)38-5/h6-25,30H,26-27H2,1-5H3/b24-23+. The van der Waals surface area contributed by atoms with Crippen LogP contribution in [0.2, 0.25) is 5.04 Å². The molecule has 0 heterocycles. The zero-order chi connectivity index (χ0) is 28.2. The zero-order valence-electron chi connectivity index (χ0n) is 24.3. The molecule has 5 rings (SSSR count). The molecule has 0 saturated heterocycles. The van der Waals surface area contributed by atoms with Gasteiger partial charge in [-0.05, 0) is 51.0 Å². The predicted octanol–water partition coefficient (Wildman–Crippen LogP) is 7.25. The summed E-state index contributed by atoms with van der Waals surface area (Å²) in [5.74, 6) is 1.86. The van der Waals surface area contributed by atoms with Crippen molar-refractivity contribution in [3.63, 3.8) is 0 Å². The number of benzene rings is 4. The minimum atomic E-state index is -2.60. The molecule has 4 aromatic carbocycles. The second kappa shape index (κ2) is 11.5. The summed E-state index contributed by atoms with van der Waals surface area (Å²) >= 11 is 0. The maximum atomic E-state index is 7.35. The first-order valence-electron chi connectivity index (χ1n) is 14.1.